The molecule has 7 nitrogen and oxygen atoms in total. The number of aromatic nitrogens is 2. The van der Waals surface area contributed by atoms with Crippen LogP contribution in [0.15, 0.2) is 5.03 Å². The molecule has 1 aliphatic rings. The van der Waals surface area contributed by atoms with Gasteiger partial charge in [0.25, 0.3) is 10.0 Å². The Balaban J connectivity index is 2.00. The van der Waals surface area contributed by atoms with Crippen LogP contribution in [0.4, 0.5) is 0 Å². The van der Waals surface area contributed by atoms with E-state index in [1.807, 2.05) is 6.92 Å². The van der Waals surface area contributed by atoms with Crippen LogP contribution >= 0.6 is 0 Å². The molecule has 1 unspecified atom stereocenters. The molecule has 1 fully saturated rings. The lowest BCUT2D eigenvalue weighted by atomic mass is 10.1. The van der Waals surface area contributed by atoms with E-state index in [1.165, 1.54) is 19.3 Å². The number of hydrogen-bond donors (Lipinski definition) is 3. The Morgan fingerprint density at radius 1 is 1.38 bits per heavy atom. The van der Waals surface area contributed by atoms with E-state index in [0.717, 1.165) is 13.1 Å². The van der Waals surface area contributed by atoms with Gasteiger partial charge in [-0.1, -0.05) is 6.42 Å². The van der Waals surface area contributed by atoms with Gasteiger partial charge in [0.05, 0.1) is 6.61 Å². The Morgan fingerprint density at radius 3 is 2.67 bits per heavy atom. The summed E-state index contributed by atoms with van der Waals surface area (Å²) < 4.78 is 27.2. The van der Waals surface area contributed by atoms with Crippen LogP contribution in [0.2, 0.25) is 0 Å². The van der Waals surface area contributed by atoms with Crippen LogP contribution in [0.5, 0.6) is 0 Å². The van der Waals surface area contributed by atoms with Gasteiger partial charge in [0.15, 0.2) is 5.03 Å². The second-order valence-corrected chi connectivity index (χ2v) is 7.27. The maximum Gasteiger partial charge on any atom is 0.260 e. The molecule has 0 spiro atoms. The number of nitrogens with one attached hydrogen (secondary N) is 2. The number of sulfonamides is 1. The third-order valence-electron chi connectivity index (χ3n) is 4.03. The van der Waals surface area contributed by atoms with Crippen LogP contribution in [0.25, 0.3) is 0 Å². The molecule has 0 amide bonds. The number of rotatable bonds is 6. The zero-order chi connectivity index (χ0) is 15.5. The van der Waals surface area contributed by atoms with E-state index < -0.39 is 10.0 Å². The van der Waals surface area contributed by atoms with Gasteiger partial charge >= 0.3 is 0 Å². The molecule has 2 rings (SSSR count). The monoisotopic (exact) mass is 316 g/mol. The summed E-state index contributed by atoms with van der Waals surface area (Å²) in [5.74, 6) is 0. The van der Waals surface area contributed by atoms with E-state index in [4.69, 9.17) is 0 Å². The van der Waals surface area contributed by atoms with Crippen molar-refractivity contribution in [1.82, 2.24) is 19.8 Å². The highest BCUT2D eigenvalue weighted by molar-refractivity contribution is 7.89. The Kier molecular flexibility index (Phi) is 5.37. The Morgan fingerprint density at radius 2 is 2.05 bits per heavy atom. The molecule has 0 aliphatic carbocycles. The quantitative estimate of drug-likeness (QED) is 0.704. The SMILES string of the molecule is Cc1[nH]nc(S(=O)(=O)NCC(C)N2CCCCC2)c1CO. The summed E-state index contributed by atoms with van der Waals surface area (Å²) in [4.78, 5) is 2.30. The third-order valence-corrected chi connectivity index (χ3v) is 5.42. The smallest absolute Gasteiger partial charge is 0.260 e. The van der Waals surface area contributed by atoms with Gasteiger partial charge in [-0.05, 0) is 39.8 Å². The van der Waals surface area contributed by atoms with Crippen molar-refractivity contribution < 1.29 is 13.5 Å². The molecule has 3 N–H and O–H groups in total. The van der Waals surface area contributed by atoms with Crippen LogP contribution in [-0.4, -0.2) is 54.3 Å². The highest BCUT2D eigenvalue weighted by Gasteiger charge is 2.25. The number of aromatic amines is 1. The van der Waals surface area contributed by atoms with E-state index >= 15 is 0 Å². The molecule has 1 atom stereocenters. The first kappa shape index (κ1) is 16.4. The van der Waals surface area contributed by atoms with E-state index in [0.29, 0.717) is 17.8 Å². The van der Waals surface area contributed by atoms with Crippen molar-refractivity contribution in [2.75, 3.05) is 19.6 Å². The Labute approximate surface area is 125 Å². The molecule has 21 heavy (non-hydrogen) atoms. The number of likely N-dealkylation sites (tertiary alicyclic amines) is 1. The number of aryl methyl sites for hydroxylation is 1. The van der Waals surface area contributed by atoms with Crippen molar-refractivity contribution in [1.29, 1.82) is 0 Å². The van der Waals surface area contributed by atoms with Crippen molar-refractivity contribution in [3.63, 3.8) is 0 Å². The van der Waals surface area contributed by atoms with Gasteiger partial charge in [0.2, 0.25) is 0 Å². The minimum absolute atomic E-state index is 0.103. The summed E-state index contributed by atoms with van der Waals surface area (Å²) in [6.07, 6.45) is 3.59. The van der Waals surface area contributed by atoms with Crippen molar-refractivity contribution >= 4 is 10.0 Å². The molecular weight excluding hydrogens is 292 g/mol. The first-order valence-corrected chi connectivity index (χ1v) is 8.82. The minimum atomic E-state index is -3.69. The first-order chi connectivity index (χ1) is 9.95. The van der Waals surface area contributed by atoms with Crippen LogP contribution in [0.1, 0.15) is 37.4 Å². The summed E-state index contributed by atoms with van der Waals surface area (Å²) >= 11 is 0. The maximum atomic E-state index is 12.3. The summed E-state index contributed by atoms with van der Waals surface area (Å²) in [5, 5.41) is 15.6. The van der Waals surface area contributed by atoms with E-state index in [9.17, 15) is 13.5 Å². The Bertz CT molecular complexity index is 564. The highest BCUT2D eigenvalue weighted by atomic mass is 32.2. The zero-order valence-corrected chi connectivity index (χ0v) is 13.4. The van der Waals surface area contributed by atoms with Crippen molar-refractivity contribution in [2.24, 2.45) is 0 Å². The van der Waals surface area contributed by atoms with Gasteiger partial charge in [0.1, 0.15) is 0 Å². The topological polar surface area (TPSA) is 98.3 Å². The largest absolute Gasteiger partial charge is 0.392 e. The lowest BCUT2D eigenvalue weighted by Gasteiger charge is -2.32. The van der Waals surface area contributed by atoms with Crippen LogP contribution in [-0.2, 0) is 16.6 Å². The van der Waals surface area contributed by atoms with Gasteiger partial charge in [-0.25, -0.2) is 13.1 Å². The van der Waals surface area contributed by atoms with Gasteiger partial charge < -0.3 is 5.11 Å². The normalized spacial score (nSPS) is 18.8. The second kappa shape index (κ2) is 6.87. The van der Waals surface area contributed by atoms with Gasteiger partial charge in [-0.3, -0.25) is 10.00 Å². The van der Waals surface area contributed by atoms with Crippen LogP contribution < -0.4 is 4.72 Å². The fraction of sp³-hybridized carbons (Fsp3) is 0.769. The van der Waals surface area contributed by atoms with Crippen LogP contribution in [0, 0.1) is 6.92 Å². The van der Waals surface area contributed by atoms with Gasteiger partial charge in [-0.2, -0.15) is 5.10 Å². The fourth-order valence-electron chi connectivity index (χ4n) is 2.63. The number of hydrogen-bond acceptors (Lipinski definition) is 5. The molecule has 0 bridgehead atoms. The van der Waals surface area contributed by atoms with E-state index in [2.05, 4.69) is 19.8 Å². The van der Waals surface area contributed by atoms with Gasteiger partial charge in [-0.15, -0.1) is 0 Å². The first-order valence-electron chi connectivity index (χ1n) is 7.34. The molecule has 0 aromatic carbocycles. The lowest BCUT2D eigenvalue weighted by molar-refractivity contribution is 0.175. The molecule has 0 radical (unpaired) electrons. The molecule has 8 heteroatoms. The average molecular weight is 316 g/mol. The second-order valence-electron chi connectivity index (χ2n) is 5.59. The highest BCUT2D eigenvalue weighted by Crippen LogP contribution is 2.16. The minimum Gasteiger partial charge on any atom is -0.392 e. The number of aliphatic hydroxyl groups excluding tert-OH is 1. The number of nitrogens with zero attached hydrogens (tertiary/aromatic N) is 2. The molecular formula is C13H24N4O3S. The van der Waals surface area contributed by atoms with Crippen molar-refractivity contribution in [3.8, 4) is 0 Å². The van der Waals surface area contributed by atoms with E-state index in [1.54, 1.807) is 6.92 Å². The van der Waals surface area contributed by atoms with Crippen molar-refractivity contribution in [2.45, 2.75) is 50.8 Å². The molecule has 1 aliphatic heterocycles. The summed E-state index contributed by atoms with van der Waals surface area (Å²) in [5.41, 5.74) is 0.898. The summed E-state index contributed by atoms with van der Waals surface area (Å²) in [7, 11) is -3.69. The lowest BCUT2D eigenvalue weighted by Crippen LogP contribution is -2.44. The average Bonchev–Trinajstić information content (AvgIpc) is 2.87. The van der Waals surface area contributed by atoms with Gasteiger partial charge in [0, 0.05) is 23.8 Å². The third kappa shape index (κ3) is 3.82. The fourth-order valence-corrected chi connectivity index (χ4v) is 3.93. The van der Waals surface area contributed by atoms with Crippen LogP contribution in [0.3, 0.4) is 0 Å². The van der Waals surface area contributed by atoms with E-state index in [-0.39, 0.29) is 17.7 Å². The molecule has 2 heterocycles. The molecule has 1 aromatic rings. The predicted octanol–water partition coefficient (Wildman–Crippen LogP) is 0.363. The van der Waals surface area contributed by atoms with Crippen molar-refractivity contribution in [3.05, 3.63) is 11.3 Å². The molecule has 120 valence electrons. The number of piperidine rings is 1. The standard InChI is InChI=1S/C13H24N4O3S/c1-10(17-6-4-3-5-7-17)8-14-21(19,20)13-12(9-18)11(2)15-16-13/h10,14,18H,3-9H2,1-2H3,(H,15,16). The zero-order valence-electron chi connectivity index (χ0n) is 12.6. The maximum absolute atomic E-state index is 12.3. The molecule has 0 saturated carbocycles. The summed E-state index contributed by atoms with van der Waals surface area (Å²) in [6, 6.07) is 0.151. The number of aliphatic hydroxyl groups is 1. The summed E-state index contributed by atoms with van der Waals surface area (Å²) in [6.45, 7) is 5.75. The number of H-pyrrole nitrogens is 1. The molecule has 1 aromatic heterocycles. The predicted molar refractivity (Wildman–Crippen MR) is 79.3 cm³/mol. The Hall–Kier alpha value is -0.960. The molecule has 1 saturated heterocycles.